The SMILES string of the molecule is COC(=O)c1cc2c(s1)C(=O)c1nccc3ccnc-2c13. The third kappa shape index (κ3) is 1.56. The fourth-order valence-electron chi connectivity index (χ4n) is 2.54. The van der Waals surface area contributed by atoms with Crippen LogP contribution in [0.2, 0.25) is 0 Å². The van der Waals surface area contributed by atoms with Crippen LogP contribution in [0.25, 0.3) is 22.0 Å². The Kier molecular flexibility index (Phi) is 2.43. The highest BCUT2D eigenvalue weighted by molar-refractivity contribution is 7.16. The van der Waals surface area contributed by atoms with Gasteiger partial charge in [0, 0.05) is 23.3 Å². The van der Waals surface area contributed by atoms with Gasteiger partial charge < -0.3 is 4.74 Å². The van der Waals surface area contributed by atoms with Crippen molar-refractivity contribution >= 4 is 33.9 Å². The Bertz CT molecular complexity index is 925. The summed E-state index contributed by atoms with van der Waals surface area (Å²) in [6.07, 6.45) is 3.30. The molecule has 21 heavy (non-hydrogen) atoms. The summed E-state index contributed by atoms with van der Waals surface area (Å²) in [4.78, 5) is 33.7. The number of carbonyl (C=O) groups excluding carboxylic acids is 2. The molecule has 0 aromatic carbocycles. The molecule has 0 amide bonds. The van der Waals surface area contributed by atoms with E-state index < -0.39 is 5.97 Å². The van der Waals surface area contributed by atoms with E-state index in [0.29, 0.717) is 26.7 Å². The Morgan fingerprint density at radius 1 is 1.19 bits per heavy atom. The van der Waals surface area contributed by atoms with Crippen molar-refractivity contribution in [3.63, 3.8) is 0 Å². The van der Waals surface area contributed by atoms with Gasteiger partial charge in [0.1, 0.15) is 10.6 Å². The zero-order chi connectivity index (χ0) is 14.6. The number of carbonyl (C=O) groups is 2. The first-order valence-corrected chi connectivity index (χ1v) is 7.03. The molecule has 0 saturated heterocycles. The molecule has 1 aliphatic carbocycles. The molecule has 3 aromatic heterocycles. The highest BCUT2D eigenvalue weighted by Gasteiger charge is 2.30. The monoisotopic (exact) mass is 296 g/mol. The van der Waals surface area contributed by atoms with E-state index in [1.54, 1.807) is 18.5 Å². The van der Waals surface area contributed by atoms with E-state index in [4.69, 9.17) is 4.74 Å². The fourth-order valence-corrected chi connectivity index (χ4v) is 3.56. The van der Waals surface area contributed by atoms with Gasteiger partial charge in [0.05, 0.1) is 17.7 Å². The number of rotatable bonds is 1. The number of ketones is 1. The van der Waals surface area contributed by atoms with Gasteiger partial charge in [-0.15, -0.1) is 11.3 Å². The number of fused-ring (bicyclic) bond motifs is 2. The Hall–Kier alpha value is -2.60. The number of hydrogen-bond donors (Lipinski definition) is 0. The number of hydrogen-bond acceptors (Lipinski definition) is 6. The Labute approximate surface area is 123 Å². The highest BCUT2D eigenvalue weighted by Crippen LogP contribution is 2.41. The molecule has 3 aromatic rings. The summed E-state index contributed by atoms with van der Waals surface area (Å²) in [7, 11) is 1.32. The van der Waals surface area contributed by atoms with Crippen LogP contribution in [0.5, 0.6) is 0 Å². The van der Waals surface area contributed by atoms with Crippen molar-refractivity contribution in [1.29, 1.82) is 0 Å². The van der Waals surface area contributed by atoms with Crippen LogP contribution in [0.3, 0.4) is 0 Å². The number of pyridine rings is 2. The molecule has 102 valence electrons. The molecule has 0 saturated carbocycles. The lowest BCUT2D eigenvalue weighted by Gasteiger charge is -2.14. The molecule has 0 unspecified atom stereocenters. The molecule has 0 atom stereocenters. The van der Waals surface area contributed by atoms with Gasteiger partial charge >= 0.3 is 5.97 Å². The van der Waals surface area contributed by atoms with Crippen LogP contribution in [0, 0.1) is 0 Å². The van der Waals surface area contributed by atoms with E-state index in [-0.39, 0.29) is 5.78 Å². The van der Waals surface area contributed by atoms with Crippen LogP contribution >= 0.6 is 11.3 Å². The number of thiophene rings is 1. The third-order valence-electron chi connectivity index (χ3n) is 3.47. The molecule has 5 nitrogen and oxygen atoms in total. The lowest BCUT2D eigenvalue weighted by Crippen LogP contribution is -2.10. The number of methoxy groups -OCH3 is 1. The van der Waals surface area contributed by atoms with Crippen LogP contribution in [-0.2, 0) is 4.74 Å². The zero-order valence-electron chi connectivity index (χ0n) is 10.9. The number of esters is 1. The Morgan fingerprint density at radius 2 is 1.90 bits per heavy atom. The summed E-state index contributed by atoms with van der Waals surface area (Å²) in [5.41, 5.74) is 1.76. The normalized spacial score (nSPS) is 12.3. The Morgan fingerprint density at radius 3 is 2.62 bits per heavy atom. The first-order chi connectivity index (χ1) is 10.2. The molecule has 1 aliphatic rings. The second-order valence-corrected chi connectivity index (χ2v) is 5.64. The summed E-state index contributed by atoms with van der Waals surface area (Å²) < 4.78 is 4.72. The van der Waals surface area contributed by atoms with E-state index in [9.17, 15) is 9.59 Å². The lowest BCUT2D eigenvalue weighted by atomic mass is 9.94. The Balaban J connectivity index is 2.09. The maximum Gasteiger partial charge on any atom is 0.348 e. The van der Waals surface area contributed by atoms with Crippen molar-refractivity contribution in [3.8, 4) is 11.3 Å². The van der Waals surface area contributed by atoms with Crippen molar-refractivity contribution in [1.82, 2.24) is 9.97 Å². The van der Waals surface area contributed by atoms with Crippen LogP contribution in [0.4, 0.5) is 0 Å². The van der Waals surface area contributed by atoms with Gasteiger partial charge in [0.15, 0.2) is 0 Å². The van der Waals surface area contributed by atoms with Gasteiger partial charge in [-0.05, 0) is 23.6 Å². The maximum absolute atomic E-state index is 12.6. The predicted octanol–water partition coefficient (Wildman–Crippen LogP) is 2.69. The van der Waals surface area contributed by atoms with Crippen molar-refractivity contribution in [2.24, 2.45) is 0 Å². The van der Waals surface area contributed by atoms with Crippen molar-refractivity contribution < 1.29 is 14.3 Å². The second-order valence-electron chi connectivity index (χ2n) is 4.59. The van der Waals surface area contributed by atoms with Crippen LogP contribution in [0.15, 0.2) is 30.6 Å². The molecular weight excluding hydrogens is 288 g/mol. The van der Waals surface area contributed by atoms with Gasteiger partial charge in [-0.1, -0.05) is 0 Å². The molecule has 0 fully saturated rings. The van der Waals surface area contributed by atoms with Crippen molar-refractivity contribution in [2.75, 3.05) is 7.11 Å². The number of aromatic nitrogens is 2. The summed E-state index contributed by atoms with van der Waals surface area (Å²) in [6.45, 7) is 0. The fraction of sp³-hybridized carbons (Fsp3) is 0.0667. The topological polar surface area (TPSA) is 69.2 Å². The molecule has 0 bridgehead atoms. The van der Waals surface area contributed by atoms with E-state index in [0.717, 1.165) is 22.1 Å². The summed E-state index contributed by atoms with van der Waals surface area (Å²) in [6, 6.07) is 5.35. The van der Waals surface area contributed by atoms with Crippen molar-refractivity contribution in [3.05, 3.63) is 46.0 Å². The molecule has 4 rings (SSSR count). The minimum Gasteiger partial charge on any atom is -0.465 e. The average molecular weight is 296 g/mol. The quantitative estimate of drug-likeness (QED) is 0.505. The largest absolute Gasteiger partial charge is 0.465 e. The van der Waals surface area contributed by atoms with Crippen LogP contribution in [0.1, 0.15) is 25.0 Å². The van der Waals surface area contributed by atoms with Gasteiger partial charge in [0.2, 0.25) is 5.78 Å². The van der Waals surface area contributed by atoms with E-state index in [2.05, 4.69) is 9.97 Å². The van der Waals surface area contributed by atoms with Gasteiger partial charge in [-0.2, -0.15) is 0 Å². The smallest absolute Gasteiger partial charge is 0.348 e. The molecular formula is C15H8N2O3S. The minimum absolute atomic E-state index is 0.170. The summed E-state index contributed by atoms with van der Waals surface area (Å²) in [5, 5.41) is 1.65. The average Bonchev–Trinajstić information content (AvgIpc) is 2.97. The maximum atomic E-state index is 12.6. The molecule has 0 spiro atoms. The van der Waals surface area contributed by atoms with E-state index >= 15 is 0 Å². The van der Waals surface area contributed by atoms with Gasteiger partial charge in [0.25, 0.3) is 0 Å². The molecule has 0 radical (unpaired) electrons. The lowest BCUT2D eigenvalue weighted by molar-refractivity contribution is 0.0606. The highest BCUT2D eigenvalue weighted by atomic mass is 32.1. The molecule has 3 heterocycles. The number of ether oxygens (including phenoxy) is 1. The standard InChI is InChI=1S/C15H8N2O3S/c1-20-15(19)9-6-8-11-10-7(2-4-16-11)3-5-17-12(10)13(18)14(8)21-9/h2-6H,1H3. The number of nitrogens with zero attached hydrogens (tertiary/aromatic N) is 2. The first-order valence-electron chi connectivity index (χ1n) is 6.21. The summed E-state index contributed by atoms with van der Waals surface area (Å²) in [5.74, 6) is -0.623. The molecule has 6 heteroatoms. The van der Waals surface area contributed by atoms with Crippen LogP contribution in [-0.4, -0.2) is 28.8 Å². The molecule has 0 N–H and O–H groups in total. The van der Waals surface area contributed by atoms with E-state index in [1.807, 2.05) is 12.1 Å². The first kappa shape index (κ1) is 12.2. The van der Waals surface area contributed by atoms with Crippen LogP contribution < -0.4 is 0 Å². The third-order valence-corrected chi connectivity index (χ3v) is 4.59. The van der Waals surface area contributed by atoms with E-state index in [1.165, 1.54) is 7.11 Å². The summed E-state index contributed by atoms with van der Waals surface area (Å²) >= 11 is 1.12. The zero-order valence-corrected chi connectivity index (χ0v) is 11.7. The minimum atomic E-state index is -0.452. The van der Waals surface area contributed by atoms with Gasteiger partial charge in [-0.25, -0.2) is 4.79 Å². The second kappa shape index (κ2) is 4.20. The molecule has 0 aliphatic heterocycles. The van der Waals surface area contributed by atoms with Crippen molar-refractivity contribution in [2.45, 2.75) is 0 Å². The predicted molar refractivity (Wildman–Crippen MR) is 77.6 cm³/mol. The van der Waals surface area contributed by atoms with Gasteiger partial charge in [-0.3, -0.25) is 14.8 Å².